The maximum atomic E-state index is 2.42. The molecule has 396 valence electrons. The Bertz CT molecular complexity index is 4050. The Morgan fingerprint density at radius 3 is 1.39 bits per heavy atom. The number of aryl methyl sites for hydroxylation is 1. The van der Waals surface area contributed by atoms with Gasteiger partial charge >= 0.3 is 0 Å². The van der Waals surface area contributed by atoms with Crippen molar-refractivity contribution >= 4 is 21.8 Å². The van der Waals surface area contributed by atoms with Crippen LogP contribution in [0.25, 0.3) is 83.1 Å². The Kier molecular flexibility index (Phi) is 16.1. The van der Waals surface area contributed by atoms with Crippen LogP contribution in [0.5, 0.6) is 0 Å². The lowest BCUT2D eigenvalue weighted by atomic mass is 9.72. The summed E-state index contributed by atoms with van der Waals surface area (Å²) in [6.45, 7) is 21.2. The Balaban J connectivity index is 0.000000276. The van der Waals surface area contributed by atoms with Crippen LogP contribution < -0.4 is 0 Å². The van der Waals surface area contributed by atoms with Gasteiger partial charge in [-0.05, 0) is 151 Å². The molecule has 1 aromatic heterocycles. The first kappa shape index (κ1) is 54.6. The normalized spacial score (nSPS) is 12.6. The molecule has 14 rings (SSSR count). The van der Waals surface area contributed by atoms with E-state index in [-0.39, 0.29) is 10.8 Å². The van der Waals surface area contributed by atoms with Crippen LogP contribution in [0.4, 0.5) is 0 Å². The lowest BCUT2D eigenvalue weighted by molar-refractivity contribution is 0.660. The molecule has 1 nitrogen and oxygen atoms in total. The van der Waals surface area contributed by atoms with Gasteiger partial charge in [0.15, 0.2) is 0 Å². The fourth-order valence-electron chi connectivity index (χ4n) is 12.5. The van der Waals surface area contributed by atoms with Crippen LogP contribution in [-0.4, -0.2) is 4.57 Å². The van der Waals surface area contributed by atoms with Gasteiger partial charge in [-0.3, -0.25) is 0 Å². The van der Waals surface area contributed by atoms with E-state index in [1.807, 2.05) is 41.5 Å². The summed E-state index contributed by atoms with van der Waals surface area (Å²) in [5.41, 5.74) is 27.3. The molecular weight excluding hydrogens is 963 g/mol. The van der Waals surface area contributed by atoms with Gasteiger partial charge in [0, 0.05) is 27.3 Å². The van der Waals surface area contributed by atoms with Gasteiger partial charge in [-0.1, -0.05) is 285 Å². The van der Waals surface area contributed by atoms with Gasteiger partial charge in [0.05, 0.1) is 11.0 Å². The Morgan fingerprint density at radius 2 is 0.750 bits per heavy atom. The second kappa shape index (κ2) is 23.7. The smallest absolute Gasteiger partial charge is 0.0541 e. The molecule has 0 amide bonds. The largest absolute Gasteiger partial charge is 0.309 e. The highest BCUT2D eigenvalue weighted by Gasteiger charge is 2.41. The Morgan fingerprint density at radius 1 is 0.300 bits per heavy atom. The number of para-hydroxylation sites is 1. The van der Waals surface area contributed by atoms with Crippen molar-refractivity contribution in [2.24, 2.45) is 0 Å². The van der Waals surface area contributed by atoms with Crippen molar-refractivity contribution in [2.45, 2.75) is 86.5 Å². The SMILES string of the molecule is CC.CC.CC.CC1(c2ccccc2-c2ccc(-n3c4ccccc4c4cc(-c5cccc(-c6cccc(Cc7ccccc7)c6)c5)ccc43)cc2)c2ccccc2-c2ccccc21.Cc1ccc2c(c1)C(C)(C)c1ccccc1-2. The van der Waals surface area contributed by atoms with E-state index in [1.54, 1.807) is 0 Å². The van der Waals surface area contributed by atoms with Gasteiger partial charge in [-0.15, -0.1) is 0 Å². The van der Waals surface area contributed by atoms with Gasteiger partial charge in [0.2, 0.25) is 0 Å². The zero-order chi connectivity index (χ0) is 56.0. The van der Waals surface area contributed by atoms with Crippen LogP contribution in [-0.2, 0) is 17.3 Å². The highest BCUT2D eigenvalue weighted by Crippen LogP contribution is 2.54. The number of hydrogen-bond acceptors (Lipinski definition) is 0. The third kappa shape index (κ3) is 9.92. The molecule has 0 radical (unpaired) electrons. The van der Waals surface area contributed by atoms with E-state index in [1.165, 1.54) is 122 Å². The van der Waals surface area contributed by atoms with Crippen molar-refractivity contribution in [1.82, 2.24) is 4.57 Å². The number of rotatable bonds is 7. The van der Waals surface area contributed by atoms with Crippen LogP contribution in [0.2, 0.25) is 0 Å². The zero-order valence-electron chi connectivity index (χ0n) is 48.5. The second-order valence-electron chi connectivity index (χ2n) is 21.1. The van der Waals surface area contributed by atoms with Crippen LogP contribution in [0.15, 0.2) is 261 Å². The number of nitrogens with zero attached hydrogens (tertiary/aromatic N) is 1. The molecule has 80 heavy (non-hydrogen) atoms. The van der Waals surface area contributed by atoms with Gasteiger partial charge < -0.3 is 4.57 Å². The number of benzene rings is 11. The molecule has 1 heterocycles. The summed E-state index contributed by atoms with van der Waals surface area (Å²) in [6, 6.07) is 96.0. The molecule has 12 aromatic rings. The van der Waals surface area contributed by atoms with Crippen molar-refractivity contribution in [2.75, 3.05) is 0 Å². The van der Waals surface area contributed by atoms with Gasteiger partial charge in [-0.25, -0.2) is 0 Å². The monoisotopic (exact) mass is 1040 g/mol. The quantitative estimate of drug-likeness (QED) is 0.150. The maximum absolute atomic E-state index is 2.42. The third-order valence-corrected chi connectivity index (χ3v) is 16.2. The summed E-state index contributed by atoms with van der Waals surface area (Å²) < 4.78 is 2.42. The molecule has 2 aliphatic carbocycles. The summed E-state index contributed by atoms with van der Waals surface area (Å²) in [4.78, 5) is 0. The van der Waals surface area contributed by atoms with E-state index in [2.05, 4.69) is 293 Å². The van der Waals surface area contributed by atoms with Crippen molar-refractivity contribution in [3.63, 3.8) is 0 Å². The standard InChI is InChI=1S/C57H41N.C16H16.3C2H6/c1-57(53-26-10-6-22-48(53)49-23-7-11-27-54(49)57)52-25-9-5-21-47(52)41-29-32-46(33-30-41)58-55-28-12-8-24-50(55)51-38-45(31-34-56(51)58)44-20-14-19-43(37-44)42-18-13-17-40(36-42)35-39-15-3-2-4-16-39;1-11-8-9-13-12-6-4-5-7-14(12)16(2,3)15(13)10-11;3*1-2/h2-34,36-38H,35H2,1H3;4-10H,1-3H3;3*1-2H3. The topological polar surface area (TPSA) is 4.93 Å². The van der Waals surface area contributed by atoms with Gasteiger partial charge in [0.1, 0.15) is 0 Å². The van der Waals surface area contributed by atoms with Gasteiger partial charge in [0.25, 0.3) is 0 Å². The molecule has 0 fully saturated rings. The first-order valence-electron chi connectivity index (χ1n) is 29.1. The van der Waals surface area contributed by atoms with Crippen molar-refractivity contribution in [3.8, 4) is 61.3 Å². The van der Waals surface area contributed by atoms with Crippen molar-refractivity contribution in [1.29, 1.82) is 0 Å². The summed E-state index contributed by atoms with van der Waals surface area (Å²) in [6.07, 6.45) is 0.925. The predicted octanol–water partition coefficient (Wildman–Crippen LogP) is 22.1. The molecule has 11 aromatic carbocycles. The molecule has 1 heteroatoms. The minimum absolute atomic E-state index is 0.151. The van der Waals surface area contributed by atoms with E-state index in [9.17, 15) is 0 Å². The molecule has 0 spiro atoms. The predicted molar refractivity (Wildman–Crippen MR) is 347 cm³/mol. The molecule has 0 saturated heterocycles. The molecule has 0 saturated carbocycles. The van der Waals surface area contributed by atoms with E-state index in [0.29, 0.717) is 0 Å². The number of aromatic nitrogens is 1. The highest BCUT2D eigenvalue weighted by atomic mass is 15.0. The molecule has 0 atom stereocenters. The van der Waals surface area contributed by atoms with Crippen LogP contribution >= 0.6 is 0 Å². The molecular formula is C79H75N. The third-order valence-electron chi connectivity index (χ3n) is 16.2. The van der Waals surface area contributed by atoms with Crippen LogP contribution in [0, 0.1) is 6.92 Å². The average Bonchev–Trinajstić information content (AvgIpc) is 3.77. The molecule has 0 unspecified atom stereocenters. The number of fused-ring (bicyclic) bond motifs is 9. The maximum Gasteiger partial charge on any atom is 0.0541 e. The minimum atomic E-state index is -0.265. The molecule has 0 aliphatic heterocycles. The molecule has 2 aliphatic rings. The van der Waals surface area contributed by atoms with E-state index in [0.717, 1.165) is 12.1 Å². The Labute approximate surface area is 476 Å². The van der Waals surface area contributed by atoms with Crippen molar-refractivity contribution in [3.05, 3.63) is 305 Å². The van der Waals surface area contributed by atoms with Gasteiger partial charge in [-0.2, -0.15) is 0 Å². The van der Waals surface area contributed by atoms with E-state index < -0.39 is 0 Å². The lowest BCUT2D eigenvalue weighted by Gasteiger charge is -2.30. The molecule has 0 bridgehead atoms. The van der Waals surface area contributed by atoms with Crippen molar-refractivity contribution < 1.29 is 0 Å². The molecule has 0 N–H and O–H groups in total. The summed E-state index contributed by atoms with van der Waals surface area (Å²) in [5, 5.41) is 2.51. The fraction of sp³-hybridized carbons (Fsp3) is 0.165. The average molecular weight is 1040 g/mol. The summed E-state index contributed by atoms with van der Waals surface area (Å²) >= 11 is 0. The zero-order valence-corrected chi connectivity index (χ0v) is 48.5. The first-order chi connectivity index (χ1) is 39.2. The minimum Gasteiger partial charge on any atom is -0.309 e. The first-order valence-corrected chi connectivity index (χ1v) is 29.1. The van der Waals surface area contributed by atoms with Crippen LogP contribution in [0.3, 0.4) is 0 Å². The van der Waals surface area contributed by atoms with E-state index in [4.69, 9.17) is 0 Å². The Hall–Kier alpha value is -8.78. The lowest BCUT2D eigenvalue weighted by Crippen LogP contribution is -2.23. The second-order valence-corrected chi connectivity index (χ2v) is 21.1. The van der Waals surface area contributed by atoms with Crippen LogP contribution in [0.1, 0.15) is 107 Å². The number of hydrogen-bond donors (Lipinski definition) is 0. The van der Waals surface area contributed by atoms with E-state index >= 15 is 0 Å². The highest BCUT2D eigenvalue weighted by molar-refractivity contribution is 6.10. The summed E-state index contributed by atoms with van der Waals surface area (Å²) in [5.74, 6) is 0. The fourth-order valence-corrected chi connectivity index (χ4v) is 12.5. The summed E-state index contributed by atoms with van der Waals surface area (Å²) in [7, 11) is 0.